The lowest BCUT2D eigenvalue weighted by Gasteiger charge is -2.10. The highest BCUT2D eigenvalue weighted by molar-refractivity contribution is 7.98. The smallest absolute Gasteiger partial charge is 0.435 e. The van der Waals surface area contributed by atoms with Crippen LogP contribution in [0.5, 0.6) is 5.75 Å². The average Bonchev–Trinajstić information content (AvgIpc) is 3.46. The number of rotatable bonds is 6. The molecular formula is C24H20F4N6O2S. The van der Waals surface area contributed by atoms with Gasteiger partial charge in [0.2, 0.25) is 0 Å². The number of aliphatic imine (C=N–C) groups is 1. The lowest BCUT2D eigenvalue weighted by atomic mass is 10.1. The van der Waals surface area contributed by atoms with Gasteiger partial charge in [-0.1, -0.05) is 12.1 Å². The van der Waals surface area contributed by atoms with E-state index in [9.17, 15) is 27.5 Å². The van der Waals surface area contributed by atoms with Gasteiger partial charge in [-0.3, -0.25) is 14.6 Å². The number of carbonyl (C=O) groups is 1. The summed E-state index contributed by atoms with van der Waals surface area (Å²) < 4.78 is 55.3. The van der Waals surface area contributed by atoms with E-state index in [4.69, 9.17) is 0 Å². The van der Waals surface area contributed by atoms with Gasteiger partial charge in [0.05, 0.1) is 11.3 Å². The third-order valence-corrected chi connectivity index (χ3v) is 5.93. The number of phenolic OH excluding ortho intramolecular Hbond substituents is 1. The highest BCUT2D eigenvalue weighted by atomic mass is 32.2. The molecule has 8 nitrogen and oxygen atoms in total. The molecule has 4 aromatic rings. The first-order chi connectivity index (χ1) is 17.5. The summed E-state index contributed by atoms with van der Waals surface area (Å²) in [6, 6.07) is 12.3. The molecule has 2 aromatic carbocycles. The van der Waals surface area contributed by atoms with Crippen molar-refractivity contribution in [1.82, 2.24) is 25.3 Å². The van der Waals surface area contributed by atoms with Crippen molar-refractivity contribution in [3.63, 3.8) is 0 Å². The van der Waals surface area contributed by atoms with Gasteiger partial charge in [0.15, 0.2) is 11.5 Å². The Labute approximate surface area is 212 Å². The van der Waals surface area contributed by atoms with Gasteiger partial charge in [-0.05, 0) is 36.1 Å². The minimum absolute atomic E-state index is 0.0168. The van der Waals surface area contributed by atoms with E-state index in [1.165, 1.54) is 37.0 Å². The van der Waals surface area contributed by atoms with Gasteiger partial charge in [0, 0.05) is 42.3 Å². The van der Waals surface area contributed by atoms with Crippen molar-refractivity contribution in [3.8, 4) is 17.0 Å². The molecule has 0 aliphatic rings. The largest absolute Gasteiger partial charge is 0.508 e. The van der Waals surface area contributed by atoms with E-state index in [1.54, 1.807) is 12.1 Å². The summed E-state index contributed by atoms with van der Waals surface area (Å²) in [6.07, 6.45) is -1.87. The topological polar surface area (TPSA) is 108 Å². The van der Waals surface area contributed by atoms with Crippen LogP contribution in [0.1, 0.15) is 21.6 Å². The first kappa shape index (κ1) is 25.9. The summed E-state index contributed by atoms with van der Waals surface area (Å²) in [5.74, 6) is -1.91. The lowest BCUT2D eigenvalue weighted by Crippen LogP contribution is -2.33. The van der Waals surface area contributed by atoms with E-state index in [0.29, 0.717) is 0 Å². The third kappa shape index (κ3) is 6.17. The molecular weight excluding hydrogens is 512 g/mol. The van der Waals surface area contributed by atoms with Gasteiger partial charge in [0.1, 0.15) is 17.4 Å². The van der Waals surface area contributed by atoms with Crippen LogP contribution in [0, 0.1) is 5.82 Å². The minimum atomic E-state index is -4.83. The molecule has 0 aliphatic heterocycles. The Kier molecular flexibility index (Phi) is 7.34. The Morgan fingerprint density at radius 3 is 2.57 bits per heavy atom. The van der Waals surface area contributed by atoms with E-state index >= 15 is 0 Å². The predicted octanol–water partition coefficient (Wildman–Crippen LogP) is 5.10. The molecule has 13 heteroatoms. The zero-order chi connectivity index (χ0) is 26.7. The van der Waals surface area contributed by atoms with Crippen molar-refractivity contribution in [3.05, 3.63) is 77.4 Å². The molecule has 192 valence electrons. The number of aromatic amines is 1. The maximum absolute atomic E-state index is 14.3. The Morgan fingerprint density at radius 2 is 1.92 bits per heavy atom. The van der Waals surface area contributed by atoms with Crippen molar-refractivity contribution >= 4 is 29.3 Å². The Hall–Kier alpha value is -4.13. The van der Waals surface area contributed by atoms with Crippen molar-refractivity contribution in [2.75, 3.05) is 6.26 Å². The summed E-state index contributed by atoms with van der Waals surface area (Å²) in [5, 5.41) is 21.9. The molecule has 37 heavy (non-hydrogen) atoms. The quantitative estimate of drug-likeness (QED) is 0.139. The molecule has 1 amide bonds. The summed E-state index contributed by atoms with van der Waals surface area (Å²) in [5.41, 5.74) is -0.872. The number of hydrogen-bond donors (Lipinski definition) is 3. The number of aromatic hydroxyl groups is 1. The van der Waals surface area contributed by atoms with Crippen molar-refractivity contribution in [1.29, 1.82) is 0 Å². The number of H-pyrrole nitrogens is 1. The van der Waals surface area contributed by atoms with E-state index in [2.05, 4.69) is 25.6 Å². The zero-order valence-corrected chi connectivity index (χ0v) is 20.3. The predicted molar refractivity (Wildman–Crippen MR) is 130 cm³/mol. The number of amides is 1. The van der Waals surface area contributed by atoms with Crippen LogP contribution in [-0.4, -0.2) is 43.1 Å². The molecule has 0 saturated heterocycles. The van der Waals surface area contributed by atoms with Gasteiger partial charge in [-0.15, -0.1) is 11.8 Å². The van der Waals surface area contributed by atoms with Crippen LogP contribution in [0.15, 0.2) is 64.6 Å². The monoisotopic (exact) mass is 532 g/mol. The number of phenols is 1. The molecule has 0 unspecified atom stereocenters. The van der Waals surface area contributed by atoms with Crippen LogP contribution < -0.4 is 5.32 Å². The number of thioether (sulfide) groups is 1. The van der Waals surface area contributed by atoms with E-state index in [-0.39, 0.29) is 35.1 Å². The van der Waals surface area contributed by atoms with Crippen LogP contribution >= 0.6 is 11.8 Å². The van der Waals surface area contributed by atoms with Gasteiger partial charge in [-0.2, -0.15) is 23.4 Å². The van der Waals surface area contributed by atoms with Crippen molar-refractivity contribution in [2.24, 2.45) is 12.0 Å². The minimum Gasteiger partial charge on any atom is -0.508 e. The molecule has 0 fully saturated rings. The molecule has 2 aromatic heterocycles. The number of nitrogens with zero attached hydrogens (tertiary/aromatic N) is 4. The Balaban J connectivity index is 1.67. The Bertz CT molecular complexity index is 1460. The van der Waals surface area contributed by atoms with E-state index in [0.717, 1.165) is 27.4 Å². The standard InChI is InChI=1S/C24H20F4N6O2S/c1-34-12-17(22(33-34)24(26,27)28)23(36)30-20(9-13-3-6-15(37-2)7-4-13)29-21-11-19(31-32-21)16-8-5-14(35)10-18(16)25/h3-8,10-12,35H,9H2,1-2H3,(H2,29,30,31,32,36). The van der Waals surface area contributed by atoms with Gasteiger partial charge < -0.3 is 10.4 Å². The van der Waals surface area contributed by atoms with E-state index in [1.807, 2.05) is 18.4 Å². The van der Waals surface area contributed by atoms with Crippen molar-refractivity contribution in [2.45, 2.75) is 17.5 Å². The fourth-order valence-electron chi connectivity index (χ4n) is 3.48. The first-order valence-corrected chi connectivity index (χ1v) is 11.9. The summed E-state index contributed by atoms with van der Waals surface area (Å²) in [6.45, 7) is 0. The summed E-state index contributed by atoms with van der Waals surface area (Å²) in [7, 11) is 1.28. The number of amidine groups is 1. The van der Waals surface area contributed by atoms with Crippen LogP contribution in [-0.2, 0) is 19.6 Å². The number of benzene rings is 2. The highest BCUT2D eigenvalue weighted by Crippen LogP contribution is 2.31. The second-order valence-corrected chi connectivity index (χ2v) is 8.78. The maximum atomic E-state index is 14.3. The molecule has 0 saturated carbocycles. The molecule has 0 spiro atoms. The van der Waals surface area contributed by atoms with E-state index < -0.39 is 29.2 Å². The first-order valence-electron chi connectivity index (χ1n) is 10.7. The summed E-state index contributed by atoms with van der Waals surface area (Å²) >= 11 is 1.54. The number of aromatic nitrogens is 4. The zero-order valence-electron chi connectivity index (χ0n) is 19.5. The molecule has 3 N–H and O–H groups in total. The summed E-state index contributed by atoms with van der Waals surface area (Å²) in [4.78, 5) is 18.2. The SMILES string of the molecule is CSc1ccc(CC(=Nc2cc(-c3ccc(O)cc3F)[nH]n2)NC(=O)c2cn(C)nc2C(F)(F)F)cc1. The van der Waals surface area contributed by atoms with Gasteiger partial charge in [0.25, 0.3) is 5.91 Å². The second-order valence-electron chi connectivity index (χ2n) is 7.90. The normalized spacial score (nSPS) is 12.1. The third-order valence-electron chi connectivity index (χ3n) is 5.19. The van der Waals surface area contributed by atoms with Crippen LogP contribution in [0.3, 0.4) is 0 Å². The fourth-order valence-corrected chi connectivity index (χ4v) is 3.89. The lowest BCUT2D eigenvalue weighted by molar-refractivity contribution is -0.141. The molecule has 0 aliphatic carbocycles. The number of aryl methyl sites for hydroxylation is 1. The molecule has 4 rings (SSSR count). The molecule has 2 heterocycles. The number of carbonyl (C=O) groups excluding carboxylic acids is 1. The number of nitrogens with one attached hydrogen (secondary N) is 2. The fraction of sp³-hybridized carbons (Fsp3) is 0.167. The number of alkyl halides is 3. The van der Waals surface area contributed by atoms with Crippen LogP contribution in [0.2, 0.25) is 0 Å². The second kappa shape index (κ2) is 10.5. The number of halogens is 4. The van der Waals surface area contributed by atoms with Crippen LogP contribution in [0.25, 0.3) is 11.3 Å². The maximum Gasteiger partial charge on any atom is 0.435 e. The van der Waals surface area contributed by atoms with Gasteiger partial charge >= 0.3 is 6.18 Å². The molecule has 0 radical (unpaired) electrons. The van der Waals surface area contributed by atoms with Gasteiger partial charge in [-0.25, -0.2) is 9.38 Å². The number of hydrogen-bond acceptors (Lipinski definition) is 6. The van der Waals surface area contributed by atoms with Crippen molar-refractivity contribution < 1.29 is 27.5 Å². The van der Waals surface area contributed by atoms with Crippen LogP contribution in [0.4, 0.5) is 23.4 Å². The molecule has 0 bridgehead atoms. The average molecular weight is 533 g/mol. The molecule has 0 atom stereocenters. The Morgan fingerprint density at radius 1 is 1.19 bits per heavy atom. The highest BCUT2D eigenvalue weighted by Gasteiger charge is 2.39.